The van der Waals surface area contributed by atoms with Gasteiger partial charge in [0.05, 0.1) is 18.8 Å². The first kappa shape index (κ1) is 14.0. The SMILES string of the molecule is C[C@H](Cc1ccc(Br)cc1)N[C@@]1(CO)CCOC1. The molecule has 1 aliphatic heterocycles. The number of aliphatic hydroxyl groups excluding tert-OH is 1. The molecule has 2 N–H and O–H groups in total. The molecule has 0 radical (unpaired) electrons. The zero-order valence-electron chi connectivity index (χ0n) is 10.7. The molecule has 2 rings (SSSR count). The van der Waals surface area contributed by atoms with Gasteiger partial charge in [-0.2, -0.15) is 0 Å². The second-order valence-electron chi connectivity index (χ2n) is 5.12. The highest BCUT2D eigenvalue weighted by Gasteiger charge is 2.35. The lowest BCUT2D eigenvalue weighted by Gasteiger charge is -2.30. The summed E-state index contributed by atoms with van der Waals surface area (Å²) in [5.74, 6) is 0. The van der Waals surface area contributed by atoms with Gasteiger partial charge >= 0.3 is 0 Å². The summed E-state index contributed by atoms with van der Waals surface area (Å²) in [6, 6.07) is 8.68. The van der Waals surface area contributed by atoms with Crippen molar-refractivity contribution >= 4 is 15.9 Å². The molecule has 2 atom stereocenters. The Morgan fingerprint density at radius 3 is 2.72 bits per heavy atom. The van der Waals surface area contributed by atoms with Crippen molar-refractivity contribution in [3.05, 3.63) is 34.3 Å². The van der Waals surface area contributed by atoms with Crippen LogP contribution in [0.2, 0.25) is 0 Å². The molecule has 0 bridgehead atoms. The molecule has 18 heavy (non-hydrogen) atoms. The van der Waals surface area contributed by atoms with Gasteiger partial charge in [-0.1, -0.05) is 28.1 Å². The Labute approximate surface area is 117 Å². The minimum Gasteiger partial charge on any atom is -0.394 e. The summed E-state index contributed by atoms with van der Waals surface area (Å²) >= 11 is 3.44. The summed E-state index contributed by atoms with van der Waals surface area (Å²) in [5, 5.41) is 13.0. The van der Waals surface area contributed by atoms with Crippen LogP contribution in [0.1, 0.15) is 18.9 Å². The predicted molar refractivity (Wildman–Crippen MR) is 75.7 cm³/mol. The van der Waals surface area contributed by atoms with E-state index < -0.39 is 0 Å². The zero-order valence-corrected chi connectivity index (χ0v) is 12.2. The second-order valence-corrected chi connectivity index (χ2v) is 6.03. The third-order valence-electron chi connectivity index (χ3n) is 3.41. The summed E-state index contributed by atoms with van der Waals surface area (Å²) in [6.07, 6.45) is 1.84. The van der Waals surface area contributed by atoms with Gasteiger partial charge in [0.1, 0.15) is 0 Å². The number of rotatable bonds is 5. The first-order chi connectivity index (χ1) is 8.63. The number of hydrogen-bond donors (Lipinski definition) is 2. The van der Waals surface area contributed by atoms with Gasteiger partial charge in [-0.15, -0.1) is 0 Å². The maximum absolute atomic E-state index is 9.52. The molecule has 3 nitrogen and oxygen atoms in total. The molecule has 4 heteroatoms. The number of halogens is 1. The van der Waals surface area contributed by atoms with E-state index in [1.807, 2.05) is 0 Å². The highest BCUT2D eigenvalue weighted by atomic mass is 79.9. The average molecular weight is 314 g/mol. The van der Waals surface area contributed by atoms with Gasteiger partial charge < -0.3 is 15.2 Å². The number of benzene rings is 1. The van der Waals surface area contributed by atoms with E-state index >= 15 is 0 Å². The Kier molecular flexibility index (Phi) is 4.78. The Morgan fingerprint density at radius 1 is 1.44 bits per heavy atom. The van der Waals surface area contributed by atoms with Crippen LogP contribution in [0.3, 0.4) is 0 Å². The van der Waals surface area contributed by atoms with Crippen LogP contribution in [0.5, 0.6) is 0 Å². The first-order valence-electron chi connectivity index (χ1n) is 6.34. The topological polar surface area (TPSA) is 41.5 Å². The summed E-state index contributed by atoms with van der Waals surface area (Å²) < 4.78 is 6.49. The lowest BCUT2D eigenvalue weighted by atomic mass is 9.97. The van der Waals surface area contributed by atoms with Crippen molar-refractivity contribution in [2.45, 2.75) is 31.3 Å². The molecule has 1 saturated heterocycles. The van der Waals surface area contributed by atoms with E-state index in [1.165, 1.54) is 5.56 Å². The minimum atomic E-state index is -0.241. The lowest BCUT2D eigenvalue weighted by molar-refractivity contribution is 0.114. The zero-order chi connectivity index (χ0) is 13.0. The fourth-order valence-corrected chi connectivity index (χ4v) is 2.70. The highest BCUT2D eigenvalue weighted by molar-refractivity contribution is 9.10. The van der Waals surface area contributed by atoms with Gasteiger partial charge in [0.2, 0.25) is 0 Å². The molecule has 1 aromatic carbocycles. The molecule has 1 heterocycles. The molecule has 1 fully saturated rings. The van der Waals surface area contributed by atoms with E-state index in [0.717, 1.165) is 23.9 Å². The molecule has 0 aliphatic carbocycles. The Balaban J connectivity index is 1.91. The third-order valence-corrected chi connectivity index (χ3v) is 3.94. The Morgan fingerprint density at radius 2 is 2.17 bits per heavy atom. The molecule has 0 aromatic heterocycles. The van der Waals surface area contributed by atoms with Gasteiger partial charge in [-0.3, -0.25) is 0 Å². The van der Waals surface area contributed by atoms with Crippen LogP contribution in [0.4, 0.5) is 0 Å². The average Bonchev–Trinajstić information content (AvgIpc) is 2.81. The van der Waals surface area contributed by atoms with E-state index in [4.69, 9.17) is 4.74 Å². The third kappa shape index (κ3) is 3.54. The van der Waals surface area contributed by atoms with Crippen LogP contribution in [0.15, 0.2) is 28.7 Å². The predicted octanol–water partition coefficient (Wildman–Crippen LogP) is 2.12. The van der Waals surface area contributed by atoms with E-state index in [-0.39, 0.29) is 12.1 Å². The molecule has 0 amide bonds. The molecular formula is C14H20BrNO2. The molecule has 0 unspecified atom stereocenters. The van der Waals surface area contributed by atoms with E-state index in [1.54, 1.807) is 0 Å². The van der Waals surface area contributed by atoms with Gasteiger partial charge in [0.15, 0.2) is 0 Å². The summed E-state index contributed by atoms with van der Waals surface area (Å²) in [5.41, 5.74) is 1.06. The summed E-state index contributed by atoms with van der Waals surface area (Å²) in [4.78, 5) is 0. The van der Waals surface area contributed by atoms with Gasteiger partial charge in [-0.05, 0) is 37.5 Å². The minimum absolute atomic E-state index is 0.137. The van der Waals surface area contributed by atoms with Gasteiger partial charge in [0.25, 0.3) is 0 Å². The fourth-order valence-electron chi connectivity index (χ4n) is 2.44. The van der Waals surface area contributed by atoms with Crippen LogP contribution in [-0.2, 0) is 11.2 Å². The largest absolute Gasteiger partial charge is 0.394 e. The van der Waals surface area contributed by atoms with Gasteiger partial charge in [0, 0.05) is 17.1 Å². The molecule has 0 spiro atoms. The van der Waals surface area contributed by atoms with Crippen LogP contribution in [-0.4, -0.2) is 36.5 Å². The van der Waals surface area contributed by atoms with Crippen molar-refractivity contribution < 1.29 is 9.84 Å². The lowest BCUT2D eigenvalue weighted by Crippen LogP contribution is -2.53. The maximum atomic E-state index is 9.52. The Hall–Kier alpha value is -0.420. The van der Waals surface area contributed by atoms with Crippen LogP contribution in [0, 0.1) is 0 Å². The van der Waals surface area contributed by atoms with Crippen LogP contribution in [0.25, 0.3) is 0 Å². The number of aliphatic hydroxyl groups is 1. The van der Waals surface area contributed by atoms with Gasteiger partial charge in [-0.25, -0.2) is 0 Å². The standard InChI is InChI=1S/C14H20BrNO2/c1-11(8-12-2-4-13(15)5-3-12)16-14(9-17)6-7-18-10-14/h2-5,11,16-17H,6-10H2,1H3/t11-,14-/m1/s1. The molecule has 1 aliphatic rings. The molecule has 1 aromatic rings. The molecule has 100 valence electrons. The van der Waals surface area contributed by atoms with Crippen molar-refractivity contribution in [1.29, 1.82) is 0 Å². The monoisotopic (exact) mass is 313 g/mol. The van der Waals surface area contributed by atoms with Crippen LogP contribution >= 0.6 is 15.9 Å². The van der Waals surface area contributed by atoms with Crippen molar-refractivity contribution in [3.8, 4) is 0 Å². The van der Waals surface area contributed by atoms with E-state index in [9.17, 15) is 5.11 Å². The number of hydrogen-bond acceptors (Lipinski definition) is 3. The normalized spacial score (nSPS) is 25.3. The number of nitrogens with one attached hydrogen (secondary N) is 1. The highest BCUT2D eigenvalue weighted by Crippen LogP contribution is 2.20. The van der Waals surface area contributed by atoms with Crippen LogP contribution < -0.4 is 5.32 Å². The Bertz CT molecular complexity index is 374. The summed E-state index contributed by atoms with van der Waals surface area (Å²) in [7, 11) is 0. The number of ether oxygens (including phenoxy) is 1. The fraction of sp³-hybridized carbons (Fsp3) is 0.571. The van der Waals surface area contributed by atoms with E-state index in [2.05, 4.69) is 52.4 Å². The first-order valence-corrected chi connectivity index (χ1v) is 7.14. The second kappa shape index (κ2) is 6.15. The summed E-state index contributed by atoms with van der Waals surface area (Å²) in [6.45, 7) is 3.63. The van der Waals surface area contributed by atoms with Crippen molar-refractivity contribution in [2.75, 3.05) is 19.8 Å². The van der Waals surface area contributed by atoms with Crippen molar-refractivity contribution in [3.63, 3.8) is 0 Å². The van der Waals surface area contributed by atoms with E-state index in [0.29, 0.717) is 12.6 Å². The smallest absolute Gasteiger partial charge is 0.0675 e. The molecule has 0 saturated carbocycles. The van der Waals surface area contributed by atoms with Crippen molar-refractivity contribution in [1.82, 2.24) is 5.32 Å². The van der Waals surface area contributed by atoms with Crippen molar-refractivity contribution in [2.24, 2.45) is 0 Å². The quantitative estimate of drug-likeness (QED) is 0.875. The molecular weight excluding hydrogens is 294 g/mol. The maximum Gasteiger partial charge on any atom is 0.0675 e.